The lowest BCUT2D eigenvalue weighted by Crippen LogP contribution is -2.13. The van der Waals surface area contributed by atoms with Crippen molar-refractivity contribution in [1.82, 2.24) is 0 Å². The molecule has 2 aromatic rings. The minimum absolute atomic E-state index is 0.120. The summed E-state index contributed by atoms with van der Waals surface area (Å²) in [4.78, 5) is 0. The quantitative estimate of drug-likeness (QED) is 0.849. The molecule has 20 heavy (non-hydrogen) atoms. The monoisotopic (exact) mass is 308 g/mol. The summed E-state index contributed by atoms with van der Waals surface area (Å²) in [6.07, 6.45) is 1.50. The Bertz CT molecular complexity index is 543. The van der Waals surface area contributed by atoms with Gasteiger partial charge in [0, 0.05) is 16.7 Å². The third-order valence-corrected chi connectivity index (χ3v) is 4.17. The second kappa shape index (κ2) is 7.12. The molecular formula is C17H18Cl2O. The fourth-order valence-corrected chi connectivity index (χ4v) is 2.83. The predicted molar refractivity (Wildman–Crippen MR) is 85.6 cm³/mol. The van der Waals surface area contributed by atoms with Crippen molar-refractivity contribution in [3.05, 3.63) is 69.2 Å². The molecule has 1 unspecified atom stereocenters. The first-order valence-electron chi connectivity index (χ1n) is 6.69. The van der Waals surface area contributed by atoms with Crippen LogP contribution in [0.15, 0.2) is 42.5 Å². The van der Waals surface area contributed by atoms with E-state index < -0.39 is 0 Å². The number of aliphatic hydroxyl groups is 1. The molecule has 0 heterocycles. The normalized spacial score (nSPS) is 12.4. The molecule has 0 bridgehead atoms. The lowest BCUT2D eigenvalue weighted by Gasteiger charge is -2.16. The SMILES string of the molecule is Cc1ccc(CC(CO)Cc2c(Cl)cccc2Cl)cc1. The Kier molecular flexibility index (Phi) is 5.47. The Morgan fingerprint density at radius 3 is 2.10 bits per heavy atom. The van der Waals surface area contributed by atoms with Crippen molar-refractivity contribution in [3.8, 4) is 0 Å². The van der Waals surface area contributed by atoms with Crippen LogP contribution in [-0.2, 0) is 12.8 Å². The molecule has 3 heteroatoms. The van der Waals surface area contributed by atoms with Crippen LogP contribution < -0.4 is 0 Å². The number of aryl methyl sites for hydroxylation is 1. The summed E-state index contributed by atoms with van der Waals surface area (Å²) < 4.78 is 0. The third kappa shape index (κ3) is 3.99. The molecule has 0 fully saturated rings. The zero-order valence-corrected chi connectivity index (χ0v) is 13.0. The number of hydrogen-bond acceptors (Lipinski definition) is 1. The van der Waals surface area contributed by atoms with Crippen molar-refractivity contribution < 1.29 is 5.11 Å². The van der Waals surface area contributed by atoms with Gasteiger partial charge in [-0.05, 0) is 48.9 Å². The highest BCUT2D eigenvalue weighted by atomic mass is 35.5. The van der Waals surface area contributed by atoms with Gasteiger partial charge in [-0.15, -0.1) is 0 Å². The van der Waals surface area contributed by atoms with Gasteiger partial charge >= 0.3 is 0 Å². The van der Waals surface area contributed by atoms with Crippen LogP contribution in [-0.4, -0.2) is 11.7 Å². The van der Waals surface area contributed by atoms with Gasteiger partial charge < -0.3 is 5.11 Å². The zero-order valence-electron chi connectivity index (χ0n) is 11.4. The van der Waals surface area contributed by atoms with Crippen LogP contribution in [0, 0.1) is 12.8 Å². The van der Waals surface area contributed by atoms with Gasteiger partial charge in [0.15, 0.2) is 0 Å². The lowest BCUT2D eigenvalue weighted by molar-refractivity contribution is 0.225. The lowest BCUT2D eigenvalue weighted by atomic mass is 9.93. The Balaban J connectivity index is 2.11. The molecule has 0 aliphatic heterocycles. The molecule has 0 saturated heterocycles. The van der Waals surface area contributed by atoms with Crippen molar-refractivity contribution >= 4 is 23.2 Å². The van der Waals surface area contributed by atoms with Crippen molar-refractivity contribution in [3.63, 3.8) is 0 Å². The van der Waals surface area contributed by atoms with E-state index in [1.54, 1.807) is 0 Å². The molecule has 0 saturated carbocycles. The fraction of sp³-hybridized carbons (Fsp3) is 0.294. The van der Waals surface area contributed by atoms with Crippen molar-refractivity contribution in [2.75, 3.05) is 6.61 Å². The van der Waals surface area contributed by atoms with E-state index in [9.17, 15) is 5.11 Å². The van der Waals surface area contributed by atoms with E-state index in [-0.39, 0.29) is 12.5 Å². The van der Waals surface area contributed by atoms with E-state index in [1.165, 1.54) is 11.1 Å². The number of aliphatic hydroxyl groups excluding tert-OH is 1. The molecule has 0 spiro atoms. The molecule has 2 rings (SSSR count). The highest BCUT2D eigenvalue weighted by Crippen LogP contribution is 2.27. The smallest absolute Gasteiger partial charge is 0.0465 e. The van der Waals surface area contributed by atoms with Crippen molar-refractivity contribution in [1.29, 1.82) is 0 Å². The van der Waals surface area contributed by atoms with Crippen molar-refractivity contribution in [2.45, 2.75) is 19.8 Å². The predicted octanol–water partition coefficient (Wildman–Crippen LogP) is 4.70. The summed E-state index contributed by atoms with van der Waals surface area (Å²) in [7, 11) is 0. The van der Waals surface area contributed by atoms with E-state index in [0.29, 0.717) is 16.5 Å². The minimum atomic E-state index is 0.120. The summed E-state index contributed by atoms with van der Waals surface area (Å²) in [5.41, 5.74) is 3.38. The average molecular weight is 309 g/mol. The first-order chi connectivity index (χ1) is 9.60. The van der Waals surface area contributed by atoms with Gasteiger partial charge in [-0.3, -0.25) is 0 Å². The van der Waals surface area contributed by atoms with E-state index in [2.05, 4.69) is 31.2 Å². The highest BCUT2D eigenvalue weighted by Gasteiger charge is 2.14. The number of rotatable bonds is 5. The fourth-order valence-electron chi connectivity index (χ4n) is 2.27. The number of hydrogen-bond donors (Lipinski definition) is 1. The zero-order chi connectivity index (χ0) is 14.5. The number of benzene rings is 2. The Morgan fingerprint density at radius 1 is 0.950 bits per heavy atom. The minimum Gasteiger partial charge on any atom is -0.396 e. The molecule has 106 valence electrons. The van der Waals surface area contributed by atoms with E-state index >= 15 is 0 Å². The first-order valence-corrected chi connectivity index (χ1v) is 7.45. The van der Waals surface area contributed by atoms with Gasteiger partial charge in [-0.25, -0.2) is 0 Å². The summed E-state index contributed by atoms with van der Waals surface area (Å²) in [5.74, 6) is 0.120. The Morgan fingerprint density at radius 2 is 1.55 bits per heavy atom. The molecule has 0 amide bonds. The van der Waals surface area contributed by atoms with Gasteiger partial charge in [0.05, 0.1) is 0 Å². The standard InChI is InChI=1S/C17H18Cl2O/c1-12-5-7-13(8-6-12)9-14(11-20)10-15-16(18)3-2-4-17(15)19/h2-8,14,20H,9-11H2,1H3. The van der Waals surface area contributed by atoms with Gasteiger partial charge in [0.2, 0.25) is 0 Å². The molecule has 1 nitrogen and oxygen atoms in total. The topological polar surface area (TPSA) is 20.2 Å². The van der Waals surface area contributed by atoms with Crippen LogP contribution in [0.5, 0.6) is 0 Å². The van der Waals surface area contributed by atoms with Crippen LogP contribution >= 0.6 is 23.2 Å². The molecule has 2 aromatic carbocycles. The summed E-state index contributed by atoms with van der Waals surface area (Å²) in [6, 6.07) is 13.9. The molecule has 0 aliphatic rings. The maximum absolute atomic E-state index is 9.60. The van der Waals surface area contributed by atoms with E-state index in [4.69, 9.17) is 23.2 Å². The molecule has 0 radical (unpaired) electrons. The van der Waals surface area contributed by atoms with Gasteiger partial charge in [0.25, 0.3) is 0 Å². The molecule has 1 atom stereocenters. The second-order valence-electron chi connectivity index (χ2n) is 5.14. The van der Waals surface area contributed by atoms with Crippen LogP contribution in [0.1, 0.15) is 16.7 Å². The highest BCUT2D eigenvalue weighted by molar-refractivity contribution is 6.35. The summed E-state index contributed by atoms with van der Waals surface area (Å²) >= 11 is 12.4. The maximum atomic E-state index is 9.60. The Hall–Kier alpha value is -1.02. The second-order valence-corrected chi connectivity index (χ2v) is 5.96. The summed E-state index contributed by atoms with van der Waals surface area (Å²) in [6.45, 7) is 2.19. The van der Waals surface area contributed by atoms with Crippen LogP contribution in [0.4, 0.5) is 0 Å². The average Bonchev–Trinajstić information content (AvgIpc) is 2.44. The van der Waals surface area contributed by atoms with Crippen LogP contribution in [0.2, 0.25) is 10.0 Å². The molecule has 0 aromatic heterocycles. The summed E-state index contributed by atoms with van der Waals surface area (Å²) in [5, 5.41) is 10.9. The van der Waals surface area contributed by atoms with E-state index in [0.717, 1.165) is 12.0 Å². The van der Waals surface area contributed by atoms with Gasteiger partial charge in [-0.1, -0.05) is 59.1 Å². The number of halogens is 2. The van der Waals surface area contributed by atoms with Crippen LogP contribution in [0.25, 0.3) is 0 Å². The maximum Gasteiger partial charge on any atom is 0.0465 e. The third-order valence-electron chi connectivity index (χ3n) is 3.46. The molecule has 1 N–H and O–H groups in total. The van der Waals surface area contributed by atoms with Gasteiger partial charge in [-0.2, -0.15) is 0 Å². The Labute approximate surface area is 130 Å². The first kappa shape index (κ1) is 15.4. The largest absolute Gasteiger partial charge is 0.396 e. The van der Waals surface area contributed by atoms with Crippen molar-refractivity contribution in [2.24, 2.45) is 5.92 Å². The van der Waals surface area contributed by atoms with Crippen LogP contribution in [0.3, 0.4) is 0 Å². The van der Waals surface area contributed by atoms with Gasteiger partial charge in [0.1, 0.15) is 0 Å². The molecular weight excluding hydrogens is 291 g/mol. The molecule has 0 aliphatic carbocycles. The van der Waals surface area contributed by atoms with E-state index in [1.807, 2.05) is 18.2 Å².